The second-order valence-electron chi connectivity index (χ2n) is 14.4. The Bertz CT molecular complexity index is 817. The quantitative estimate of drug-likeness (QED) is 0.0294. The highest BCUT2D eigenvalue weighted by molar-refractivity contribution is 5.70. The lowest BCUT2D eigenvalue weighted by molar-refractivity contribution is -0.161. The zero-order chi connectivity index (χ0) is 36.0. The summed E-state index contributed by atoms with van der Waals surface area (Å²) in [5.74, 6) is 0.190. The van der Waals surface area contributed by atoms with Crippen LogP contribution in [-0.4, -0.2) is 47.6 Å². The summed E-state index contributed by atoms with van der Waals surface area (Å²) in [6.07, 6.45) is 40.9. The summed E-state index contributed by atoms with van der Waals surface area (Å²) < 4.78 is 10.6. The zero-order valence-corrected chi connectivity index (χ0v) is 32.2. The van der Waals surface area contributed by atoms with Gasteiger partial charge in [0, 0.05) is 12.8 Å². The van der Waals surface area contributed by atoms with Crippen molar-refractivity contribution in [2.24, 2.45) is 5.92 Å². The molecule has 0 rings (SSSR count). The molecular formula is C43H78O6. The van der Waals surface area contributed by atoms with E-state index in [0.29, 0.717) is 12.8 Å². The highest BCUT2D eigenvalue weighted by atomic mass is 16.6. The van der Waals surface area contributed by atoms with Crippen molar-refractivity contribution in [2.75, 3.05) is 13.2 Å². The molecule has 0 aliphatic rings. The Morgan fingerprint density at radius 3 is 1.55 bits per heavy atom. The van der Waals surface area contributed by atoms with Crippen LogP contribution in [0.25, 0.3) is 0 Å². The minimum absolute atomic E-state index is 0.102. The van der Waals surface area contributed by atoms with Crippen molar-refractivity contribution >= 4 is 11.9 Å². The monoisotopic (exact) mass is 691 g/mol. The van der Waals surface area contributed by atoms with E-state index in [2.05, 4.69) is 39.0 Å². The number of aliphatic hydroxyl groups is 2. The number of rotatable bonds is 36. The van der Waals surface area contributed by atoms with Gasteiger partial charge in [-0.3, -0.25) is 9.59 Å². The fourth-order valence-electron chi connectivity index (χ4n) is 5.86. The lowest BCUT2D eigenvalue weighted by Gasteiger charge is -2.15. The number of unbranched alkanes of at least 4 members (excludes halogenated alkanes) is 19. The van der Waals surface area contributed by atoms with Gasteiger partial charge in [0.2, 0.25) is 0 Å². The minimum atomic E-state index is -0.801. The average molecular weight is 691 g/mol. The number of hydrogen-bond donors (Lipinski definition) is 2. The van der Waals surface area contributed by atoms with E-state index in [1.54, 1.807) is 0 Å². The first-order valence-corrected chi connectivity index (χ1v) is 20.5. The smallest absolute Gasteiger partial charge is 0.306 e. The molecular weight excluding hydrogens is 612 g/mol. The van der Waals surface area contributed by atoms with Crippen LogP contribution in [0.5, 0.6) is 0 Å². The van der Waals surface area contributed by atoms with Crippen LogP contribution in [0, 0.1) is 5.92 Å². The Morgan fingerprint density at radius 1 is 0.592 bits per heavy atom. The first-order chi connectivity index (χ1) is 23.9. The van der Waals surface area contributed by atoms with Gasteiger partial charge in [-0.15, -0.1) is 0 Å². The summed E-state index contributed by atoms with van der Waals surface area (Å²) in [7, 11) is 0. The number of ether oxygens (including phenoxy) is 2. The second-order valence-corrected chi connectivity index (χ2v) is 14.4. The van der Waals surface area contributed by atoms with E-state index in [0.717, 1.165) is 76.5 Å². The molecule has 1 unspecified atom stereocenters. The molecule has 0 aromatic heterocycles. The first kappa shape index (κ1) is 47.1. The molecule has 0 fully saturated rings. The van der Waals surface area contributed by atoms with Crippen molar-refractivity contribution in [3.8, 4) is 0 Å². The Morgan fingerprint density at radius 2 is 1.06 bits per heavy atom. The SMILES string of the molecule is CC/C=C/C/C=C/C=C/C(O)CCCCCCCC(=O)OC[C@H](CO)OC(=O)CCCCCCCCCCCCCCCCCCC(C)C. The van der Waals surface area contributed by atoms with Crippen molar-refractivity contribution in [1.82, 2.24) is 0 Å². The van der Waals surface area contributed by atoms with Crippen LogP contribution in [0.3, 0.4) is 0 Å². The van der Waals surface area contributed by atoms with E-state index in [1.807, 2.05) is 18.2 Å². The summed E-state index contributed by atoms with van der Waals surface area (Å²) in [6, 6.07) is 0. The van der Waals surface area contributed by atoms with Crippen molar-refractivity contribution in [1.29, 1.82) is 0 Å². The normalized spacial score (nSPS) is 13.3. The van der Waals surface area contributed by atoms with E-state index >= 15 is 0 Å². The van der Waals surface area contributed by atoms with Gasteiger partial charge in [-0.1, -0.05) is 186 Å². The Balaban J connectivity index is 3.60. The largest absolute Gasteiger partial charge is 0.462 e. The molecule has 0 radical (unpaired) electrons. The average Bonchev–Trinajstić information content (AvgIpc) is 3.08. The predicted octanol–water partition coefficient (Wildman–Crippen LogP) is 11.7. The van der Waals surface area contributed by atoms with Crippen LogP contribution in [-0.2, 0) is 19.1 Å². The van der Waals surface area contributed by atoms with Gasteiger partial charge in [-0.25, -0.2) is 0 Å². The lowest BCUT2D eigenvalue weighted by Crippen LogP contribution is -2.28. The molecule has 0 aromatic rings. The Labute approximate surface area is 302 Å². The number of hydrogen-bond acceptors (Lipinski definition) is 6. The van der Waals surface area contributed by atoms with Gasteiger partial charge < -0.3 is 19.7 Å². The number of carbonyl (C=O) groups is 2. The molecule has 0 aliphatic carbocycles. The topological polar surface area (TPSA) is 93.1 Å². The molecule has 0 spiro atoms. The summed E-state index contributed by atoms with van der Waals surface area (Å²) in [4.78, 5) is 24.3. The van der Waals surface area contributed by atoms with Gasteiger partial charge in [-0.05, 0) is 38.0 Å². The third-order valence-corrected chi connectivity index (χ3v) is 8.98. The number of allylic oxidation sites excluding steroid dienone is 5. The maximum atomic E-state index is 12.2. The second kappa shape index (κ2) is 37.3. The number of esters is 2. The molecule has 0 bridgehead atoms. The van der Waals surface area contributed by atoms with Gasteiger partial charge in [-0.2, -0.15) is 0 Å². The lowest BCUT2D eigenvalue weighted by atomic mass is 10.0. The predicted molar refractivity (Wildman–Crippen MR) is 207 cm³/mol. The summed E-state index contributed by atoms with van der Waals surface area (Å²) >= 11 is 0. The van der Waals surface area contributed by atoms with Crippen molar-refractivity contribution in [3.05, 3.63) is 36.5 Å². The highest BCUT2D eigenvalue weighted by Crippen LogP contribution is 2.16. The molecule has 0 aromatic carbocycles. The summed E-state index contributed by atoms with van der Waals surface area (Å²) in [5.41, 5.74) is 0. The van der Waals surface area contributed by atoms with Crippen LogP contribution in [0.2, 0.25) is 0 Å². The highest BCUT2D eigenvalue weighted by Gasteiger charge is 2.16. The molecule has 0 amide bonds. The standard InChI is InChI=1S/C43H78O6/c1-4-5-6-7-18-23-28-33-40(45)34-29-24-21-26-30-35-42(46)48-38-41(37-44)49-43(47)36-31-25-20-17-15-13-11-9-8-10-12-14-16-19-22-27-32-39(2)3/h5-6,18,23,28,33,39-41,44-45H,4,7-17,19-22,24-27,29-32,34-38H2,1-3H3/b6-5+,23-18+,33-28+/t40?,41-/m0/s1. The molecule has 49 heavy (non-hydrogen) atoms. The fourth-order valence-corrected chi connectivity index (χ4v) is 5.86. The van der Waals surface area contributed by atoms with Gasteiger partial charge in [0.1, 0.15) is 6.61 Å². The van der Waals surface area contributed by atoms with Crippen molar-refractivity contribution < 1.29 is 29.3 Å². The zero-order valence-electron chi connectivity index (χ0n) is 32.2. The molecule has 0 saturated heterocycles. The van der Waals surface area contributed by atoms with Crippen LogP contribution < -0.4 is 0 Å². The first-order valence-electron chi connectivity index (χ1n) is 20.5. The maximum Gasteiger partial charge on any atom is 0.306 e. The number of aliphatic hydroxyl groups excluding tert-OH is 2. The fraction of sp³-hybridized carbons (Fsp3) is 0.814. The van der Waals surface area contributed by atoms with E-state index < -0.39 is 12.2 Å². The molecule has 6 heteroatoms. The molecule has 0 aliphatic heterocycles. The van der Waals surface area contributed by atoms with Crippen molar-refractivity contribution in [3.63, 3.8) is 0 Å². The Kier molecular flexibility index (Phi) is 35.9. The third-order valence-electron chi connectivity index (χ3n) is 8.98. The molecule has 286 valence electrons. The molecule has 2 N–H and O–H groups in total. The molecule has 6 nitrogen and oxygen atoms in total. The van der Waals surface area contributed by atoms with E-state index in [9.17, 15) is 19.8 Å². The van der Waals surface area contributed by atoms with Gasteiger partial charge in [0.15, 0.2) is 6.10 Å². The van der Waals surface area contributed by atoms with Crippen LogP contribution in [0.4, 0.5) is 0 Å². The molecule has 0 saturated carbocycles. The van der Waals surface area contributed by atoms with E-state index in [-0.39, 0.29) is 25.2 Å². The molecule has 0 heterocycles. The van der Waals surface area contributed by atoms with Crippen LogP contribution in [0.1, 0.15) is 194 Å². The minimum Gasteiger partial charge on any atom is -0.462 e. The van der Waals surface area contributed by atoms with E-state index in [4.69, 9.17) is 9.47 Å². The summed E-state index contributed by atoms with van der Waals surface area (Å²) in [5, 5.41) is 19.6. The van der Waals surface area contributed by atoms with Crippen LogP contribution >= 0.6 is 0 Å². The van der Waals surface area contributed by atoms with Crippen LogP contribution in [0.15, 0.2) is 36.5 Å². The summed E-state index contributed by atoms with van der Waals surface area (Å²) in [6.45, 7) is 6.29. The molecule has 2 atom stereocenters. The van der Waals surface area contributed by atoms with Gasteiger partial charge >= 0.3 is 11.9 Å². The third kappa shape index (κ3) is 37.2. The van der Waals surface area contributed by atoms with Crippen molar-refractivity contribution in [2.45, 2.75) is 206 Å². The van der Waals surface area contributed by atoms with E-state index in [1.165, 1.54) is 89.9 Å². The maximum absolute atomic E-state index is 12.2. The van der Waals surface area contributed by atoms with Gasteiger partial charge in [0.25, 0.3) is 0 Å². The Hall–Kier alpha value is -1.92. The number of carbonyl (C=O) groups excluding carboxylic acids is 2. The van der Waals surface area contributed by atoms with Gasteiger partial charge in [0.05, 0.1) is 12.7 Å².